The number of hydrogen-bond acceptors (Lipinski definition) is 5. The van der Waals surface area contributed by atoms with Crippen molar-refractivity contribution in [3.05, 3.63) is 29.3 Å². The maximum atomic E-state index is 11.8. The molecular weight excluding hydrogens is 310 g/mol. The lowest BCUT2D eigenvalue weighted by Crippen LogP contribution is -2.27. The first-order valence-corrected chi connectivity index (χ1v) is 8.04. The second-order valence-electron chi connectivity index (χ2n) is 6.85. The number of aromatic hydroxyl groups is 1. The van der Waals surface area contributed by atoms with E-state index in [2.05, 4.69) is 5.32 Å². The molecule has 0 fully saturated rings. The summed E-state index contributed by atoms with van der Waals surface area (Å²) in [5, 5.41) is 12.3. The highest BCUT2D eigenvalue weighted by atomic mass is 16.6. The third-order valence-electron chi connectivity index (χ3n) is 2.97. The first-order chi connectivity index (χ1) is 11.1. The monoisotopic (exact) mass is 337 g/mol. The molecule has 1 aromatic carbocycles. The molecule has 0 unspecified atom stereocenters. The van der Waals surface area contributed by atoms with E-state index >= 15 is 0 Å². The second-order valence-corrected chi connectivity index (χ2v) is 6.85. The minimum atomic E-state index is -0.527. The highest BCUT2D eigenvalue weighted by Gasteiger charge is 2.17. The summed E-state index contributed by atoms with van der Waals surface area (Å²) in [6.45, 7) is 9.24. The van der Waals surface area contributed by atoms with Gasteiger partial charge in [-0.3, -0.25) is 4.79 Å². The fourth-order valence-corrected chi connectivity index (χ4v) is 2.07. The zero-order valence-electron chi connectivity index (χ0n) is 15.0. The number of phenolic OH excluding ortho intramolecular Hbond substituents is 1. The van der Waals surface area contributed by atoms with E-state index in [1.165, 1.54) is 0 Å². The lowest BCUT2D eigenvalue weighted by molar-refractivity contribution is -0.154. The summed E-state index contributed by atoms with van der Waals surface area (Å²) in [6.07, 6.45) is -0.0865. The first-order valence-electron chi connectivity index (χ1n) is 8.04. The normalized spacial score (nSPS) is 11.2. The molecule has 0 saturated heterocycles. The third kappa shape index (κ3) is 7.85. The van der Waals surface area contributed by atoms with Crippen molar-refractivity contribution in [1.82, 2.24) is 5.32 Å². The lowest BCUT2D eigenvalue weighted by atomic mass is 10.0. The number of nitrogens with one attached hydrogen (secondary N) is 1. The van der Waals surface area contributed by atoms with Gasteiger partial charge in [0, 0.05) is 13.0 Å². The van der Waals surface area contributed by atoms with Gasteiger partial charge in [-0.15, -0.1) is 0 Å². The minimum absolute atomic E-state index is 0.114. The molecule has 0 spiro atoms. The number of carbonyl (C=O) groups is 2. The zero-order valence-corrected chi connectivity index (χ0v) is 15.0. The van der Waals surface area contributed by atoms with E-state index < -0.39 is 11.7 Å². The van der Waals surface area contributed by atoms with Gasteiger partial charge in [-0.1, -0.05) is 6.07 Å². The standard InChI is InChI=1S/C18H27NO5/c1-12(2)23-17(22)19-11-14-6-8-15(20)10-13(14)7-9-16(21)24-18(3,4)5/h6,8,10,12,20H,7,9,11H2,1-5H3,(H,19,22). The first kappa shape index (κ1) is 19.8. The van der Waals surface area contributed by atoms with Crippen LogP contribution in [0.1, 0.15) is 52.2 Å². The predicted molar refractivity (Wildman–Crippen MR) is 90.7 cm³/mol. The number of alkyl carbamates (subject to hydrolysis) is 1. The molecule has 1 rings (SSSR count). The van der Waals surface area contributed by atoms with Gasteiger partial charge < -0.3 is 19.9 Å². The number of esters is 1. The van der Waals surface area contributed by atoms with Gasteiger partial charge in [-0.25, -0.2) is 4.79 Å². The fraction of sp³-hybridized carbons (Fsp3) is 0.556. The van der Waals surface area contributed by atoms with E-state index in [1.54, 1.807) is 32.0 Å². The van der Waals surface area contributed by atoms with Crippen molar-refractivity contribution in [1.29, 1.82) is 0 Å². The molecule has 0 radical (unpaired) electrons. The van der Waals surface area contributed by atoms with E-state index in [1.807, 2.05) is 20.8 Å². The van der Waals surface area contributed by atoms with Crippen LogP contribution in [0.25, 0.3) is 0 Å². The van der Waals surface area contributed by atoms with E-state index in [0.717, 1.165) is 11.1 Å². The molecule has 6 heteroatoms. The largest absolute Gasteiger partial charge is 0.508 e. The molecule has 0 bridgehead atoms. The van der Waals surface area contributed by atoms with Crippen molar-refractivity contribution in [2.24, 2.45) is 0 Å². The fourth-order valence-electron chi connectivity index (χ4n) is 2.07. The molecule has 24 heavy (non-hydrogen) atoms. The minimum Gasteiger partial charge on any atom is -0.508 e. The summed E-state index contributed by atoms with van der Waals surface area (Å²) in [6, 6.07) is 4.85. The smallest absolute Gasteiger partial charge is 0.407 e. The summed E-state index contributed by atoms with van der Waals surface area (Å²) < 4.78 is 10.3. The molecule has 1 aromatic rings. The molecule has 0 saturated carbocycles. The Morgan fingerprint density at radius 1 is 1.21 bits per heavy atom. The van der Waals surface area contributed by atoms with Crippen LogP contribution in [0.15, 0.2) is 18.2 Å². The van der Waals surface area contributed by atoms with Crippen LogP contribution in [0.3, 0.4) is 0 Å². The Hall–Kier alpha value is -2.24. The van der Waals surface area contributed by atoms with Gasteiger partial charge in [0.05, 0.1) is 6.10 Å². The molecule has 0 aliphatic carbocycles. The van der Waals surface area contributed by atoms with Crippen molar-refractivity contribution in [3.8, 4) is 5.75 Å². The van der Waals surface area contributed by atoms with Crippen LogP contribution in [0, 0.1) is 0 Å². The van der Waals surface area contributed by atoms with Crippen LogP contribution >= 0.6 is 0 Å². The van der Waals surface area contributed by atoms with Crippen molar-refractivity contribution in [2.45, 2.75) is 65.7 Å². The number of amides is 1. The lowest BCUT2D eigenvalue weighted by Gasteiger charge is -2.19. The van der Waals surface area contributed by atoms with Crippen molar-refractivity contribution in [3.63, 3.8) is 0 Å². The van der Waals surface area contributed by atoms with Gasteiger partial charge in [0.1, 0.15) is 11.4 Å². The maximum Gasteiger partial charge on any atom is 0.407 e. The molecule has 1 amide bonds. The van der Waals surface area contributed by atoms with Crippen LogP contribution in [0.4, 0.5) is 4.79 Å². The Morgan fingerprint density at radius 3 is 2.46 bits per heavy atom. The molecule has 0 aliphatic heterocycles. The highest BCUT2D eigenvalue weighted by Crippen LogP contribution is 2.19. The molecule has 0 aliphatic rings. The van der Waals surface area contributed by atoms with E-state index in [0.29, 0.717) is 6.42 Å². The van der Waals surface area contributed by atoms with Gasteiger partial charge in [-0.2, -0.15) is 0 Å². The molecule has 134 valence electrons. The number of carbonyl (C=O) groups excluding carboxylic acids is 2. The van der Waals surface area contributed by atoms with Crippen molar-refractivity contribution >= 4 is 12.1 Å². The molecule has 0 heterocycles. The van der Waals surface area contributed by atoms with Gasteiger partial charge in [0.2, 0.25) is 0 Å². The molecule has 0 aromatic heterocycles. The summed E-state index contributed by atoms with van der Waals surface area (Å²) in [7, 11) is 0. The average Bonchev–Trinajstić information content (AvgIpc) is 2.41. The summed E-state index contributed by atoms with van der Waals surface area (Å²) in [4.78, 5) is 23.4. The van der Waals surface area contributed by atoms with E-state index in [9.17, 15) is 14.7 Å². The van der Waals surface area contributed by atoms with Gasteiger partial charge in [-0.05, 0) is 64.3 Å². The Bertz CT molecular complexity index is 575. The van der Waals surface area contributed by atoms with Crippen molar-refractivity contribution in [2.75, 3.05) is 0 Å². The number of aryl methyl sites for hydroxylation is 1. The van der Waals surface area contributed by atoms with E-state index in [-0.39, 0.29) is 30.8 Å². The molecular formula is C18H27NO5. The van der Waals surface area contributed by atoms with Crippen LogP contribution in [-0.2, 0) is 27.2 Å². The zero-order chi connectivity index (χ0) is 18.3. The van der Waals surface area contributed by atoms with Gasteiger partial charge >= 0.3 is 12.1 Å². The Balaban J connectivity index is 2.67. The number of rotatable bonds is 6. The topological polar surface area (TPSA) is 84.9 Å². The second kappa shape index (κ2) is 8.57. The van der Waals surface area contributed by atoms with Crippen molar-refractivity contribution < 1.29 is 24.2 Å². The number of benzene rings is 1. The summed E-state index contributed by atoms with van der Waals surface area (Å²) in [5.74, 6) is -0.188. The predicted octanol–water partition coefficient (Wildman–Crippen LogP) is 3.30. The SMILES string of the molecule is CC(C)OC(=O)NCc1ccc(O)cc1CCC(=O)OC(C)(C)C. The van der Waals surface area contributed by atoms with Gasteiger partial charge in [0.15, 0.2) is 0 Å². The molecule has 6 nitrogen and oxygen atoms in total. The quantitative estimate of drug-likeness (QED) is 0.778. The Morgan fingerprint density at radius 2 is 1.88 bits per heavy atom. The van der Waals surface area contributed by atoms with Crippen LogP contribution in [0.2, 0.25) is 0 Å². The van der Waals surface area contributed by atoms with Crippen LogP contribution < -0.4 is 5.32 Å². The molecule has 2 N–H and O–H groups in total. The number of phenols is 1. The number of ether oxygens (including phenoxy) is 2. The van der Waals surface area contributed by atoms with Crippen LogP contribution in [-0.4, -0.2) is 28.9 Å². The average molecular weight is 337 g/mol. The molecule has 0 atom stereocenters. The third-order valence-corrected chi connectivity index (χ3v) is 2.97. The summed E-state index contributed by atoms with van der Waals surface area (Å²) >= 11 is 0. The highest BCUT2D eigenvalue weighted by molar-refractivity contribution is 5.70. The van der Waals surface area contributed by atoms with E-state index in [4.69, 9.17) is 9.47 Å². The van der Waals surface area contributed by atoms with Crippen LogP contribution in [0.5, 0.6) is 5.75 Å². The summed E-state index contributed by atoms with van der Waals surface area (Å²) in [5.41, 5.74) is 1.07. The Labute approximate surface area is 143 Å². The maximum absolute atomic E-state index is 11.8. The van der Waals surface area contributed by atoms with Gasteiger partial charge in [0.25, 0.3) is 0 Å². The Kier molecular flexibility index (Phi) is 7.07. The number of hydrogen-bond donors (Lipinski definition) is 2.